The Labute approximate surface area is 259 Å². The molecule has 1 radical (unpaired) electrons. The normalized spacial score (nSPS) is 11.4. The first-order valence-corrected chi connectivity index (χ1v) is 14.5. The Morgan fingerprint density at radius 2 is 1.59 bits per heavy atom. The summed E-state index contributed by atoms with van der Waals surface area (Å²) < 4.78 is 6.35. The summed E-state index contributed by atoms with van der Waals surface area (Å²) in [6.07, 6.45) is 6.76. The third-order valence-corrected chi connectivity index (χ3v) is 7.73. The van der Waals surface area contributed by atoms with Crippen LogP contribution in [-0.2, 0) is 24.9 Å². The molecule has 4 rings (SSSR count). The maximum absolute atomic E-state index is 11.7. The molecular formula is C36H44IrNO3-. The summed E-state index contributed by atoms with van der Waals surface area (Å²) in [5.41, 5.74) is 8.46. The molecule has 0 amide bonds. The zero-order valence-corrected chi connectivity index (χ0v) is 28.1. The third-order valence-electron chi connectivity index (χ3n) is 7.73. The van der Waals surface area contributed by atoms with E-state index in [1.807, 2.05) is 52.1 Å². The summed E-state index contributed by atoms with van der Waals surface area (Å²) in [4.78, 5) is 16.3. The molecule has 221 valence electrons. The number of allylic oxidation sites excluding steroid dienone is 2. The standard InChI is InChI=1S/C23H20NO.C13H24O2.Ir/c1-14-11-15(2)13-18(12-14)21-23-20(9-10-24-21)17(4)22(25-23)19-8-6-5-7-16(19)3;1-5-10(6-2)12(14)9-13(15)11(7-3)8-4;/h5-12H,1-4H3;9-11,14H,5-8H2,1-4H3;/q-1;;/b;12-9-;. The van der Waals surface area contributed by atoms with Gasteiger partial charge < -0.3 is 14.5 Å². The van der Waals surface area contributed by atoms with Crippen LogP contribution in [0.5, 0.6) is 0 Å². The molecule has 1 N–H and O–H groups in total. The summed E-state index contributed by atoms with van der Waals surface area (Å²) in [5.74, 6) is 1.47. The number of hydrogen-bond donors (Lipinski definition) is 1. The Hall–Kier alpha value is -3.01. The van der Waals surface area contributed by atoms with Gasteiger partial charge in [-0.1, -0.05) is 65.8 Å². The van der Waals surface area contributed by atoms with E-state index >= 15 is 0 Å². The van der Waals surface area contributed by atoms with Gasteiger partial charge in [0.1, 0.15) is 11.3 Å². The molecule has 0 aliphatic rings. The van der Waals surface area contributed by atoms with E-state index in [-0.39, 0.29) is 43.5 Å². The zero-order chi connectivity index (χ0) is 29.4. The predicted molar refractivity (Wildman–Crippen MR) is 167 cm³/mol. The molecule has 0 saturated carbocycles. The number of nitrogens with zero attached hydrogens (tertiary/aromatic N) is 1. The van der Waals surface area contributed by atoms with E-state index in [1.54, 1.807) is 0 Å². The molecule has 2 aromatic heterocycles. The fraction of sp³-hybridized carbons (Fsp3) is 0.389. The minimum absolute atomic E-state index is 0. The quantitative estimate of drug-likeness (QED) is 0.106. The second-order valence-electron chi connectivity index (χ2n) is 10.7. The van der Waals surface area contributed by atoms with Crippen molar-refractivity contribution in [3.05, 3.63) is 88.8 Å². The second kappa shape index (κ2) is 15.8. The average Bonchev–Trinajstić information content (AvgIpc) is 3.26. The fourth-order valence-electron chi connectivity index (χ4n) is 5.23. The van der Waals surface area contributed by atoms with Crippen molar-refractivity contribution < 1.29 is 34.4 Å². The summed E-state index contributed by atoms with van der Waals surface area (Å²) in [7, 11) is 0. The van der Waals surface area contributed by atoms with Gasteiger partial charge in [0.2, 0.25) is 0 Å². The van der Waals surface area contributed by atoms with Gasteiger partial charge in [0.15, 0.2) is 5.78 Å². The largest absolute Gasteiger partial charge is 0.512 e. The first-order chi connectivity index (χ1) is 19.1. The number of rotatable bonds is 9. The molecular weight excluding hydrogens is 687 g/mol. The Bertz CT molecular complexity index is 1460. The van der Waals surface area contributed by atoms with Gasteiger partial charge in [-0.3, -0.25) is 4.79 Å². The van der Waals surface area contributed by atoms with Crippen LogP contribution in [0.3, 0.4) is 0 Å². The number of aryl methyl sites for hydroxylation is 4. The van der Waals surface area contributed by atoms with Crippen molar-refractivity contribution in [3.8, 4) is 22.6 Å². The fourth-order valence-corrected chi connectivity index (χ4v) is 5.23. The number of benzene rings is 2. The molecule has 0 fully saturated rings. The van der Waals surface area contributed by atoms with Crippen molar-refractivity contribution in [3.63, 3.8) is 0 Å². The topological polar surface area (TPSA) is 63.3 Å². The number of aromatic nitrogens is 1. The molecule has 0 saturated heterocycles. The second-order valence-corrected chi connectivity index (χ2v) is 10.7. The van der Waals surface area contributed by atoms with Crippen molar-refractivity contribution in [1.29, 1.82) is 0 Å². The van der Waals surface area contributed by atoms with E-state index in [9.17, 15) is 9.90 Å². The number of pyridine rings is 1. The smallest absolute Gasteiger partial charge is 0.162 e. The summed E-state index contributed by atoms with van der Waals surface area (Å²) >= 11 is 0. The molecule has 2 heterocycles. The summed E-state index contributed by atoms with van der Waals surface area (Å²) in [6.45, 7) is 16.4. The maximum Gasteiger partial charge on any atom is 0.162 e. The van der Waals surface area contributed by atoms with Crippen LogP contribution in [-0.4, -0.2) is 15.9 Å². The molecule has 0 unspecified atom stereocenters. The SMILES string of the molecule is CCC(CC)C(=O)/C=C(\O)C(CC)CC.Cc1[c-]c(-c2nccc3c(C)c(-c4ccccc4C)oc23)cc(C)c1.[Ir]. The van der Waals surface area contributed by atoms with Crippen LogP contribution >= 0.6 is 0 Å². The minimum Gasteiger partial charge on any atom is -0.512 e. The van der Waals surface area contributed by atoms with Crippen LogP contribution in [0.4, 0.5) is 0 Å². The van der Waals surface area contributed by atoms with Crippen molar-refractivity contribution in [1.82, 2.24) is 4.98 Å². The minimum atomic E-state index is 0. The molecule has 0 bridgehead atoms. The Morgan fingerprint density at radius 1 is 0.951 bits per heavy atom. The molecule has 41 heavy (non-hydrogen) atoms. The Balaban J connectivity index is 0.000000320. The van der Waals surface area contributed by atoms with Gasteiger partial charge in [-0.15, -0.1) is 34.9 Å². The van der Waals surface area contributed by atoms with Gasteiger partial charge >= 0.3 is 0 Å². The van der Waals surface area contributed by atoms with Crippen LogP contribution < -0.4 is 0 Å². The first kappa shape index (κ1) is 34.2. The predicted octanol–water partition coefficient (Wildman–Crippen LogP) is 10.1. The van der Waals surface area contributed by atoms with Crippen LogP contribution in [0.2, 0.25) is 0 Å². The number of hydrogen-bond acceptors (Lipinski definition) is 4. The number of carbonyl (C=O) groups is 1. The van der Waals surface area contributed by atoms with Crippen LogP contribution in [0.15, 0.2) is 64.9 Å². The van der Waals surface area contributed by atoms with Crippen molar-refractivity contribution >= 4 is 16.8 Å². The van der Waals surface area contributed by atoms with Gasteiger partial charge in [0.25, 0.3) is 0 Å². The van der Waals surface area contributed by atoms with Gasteiger partial charge in [-0.25, -0.2) is 0 Å². The molecule has 0 aliphatic heterocycles. The molecule has 4 aromatic rings. The van der Waals surface area contributed by atoms with E-state index in [1.165, 1.54) is 17.2 Å². The van der Waals surface area contributed by atoms with Crippen LogP contribution in [0.25, 0.3) is 33.6 Å². The maximum atomic E-state index is 11.7. The summed E-state index contributed by atoms with van der Waals surface area (Å²) in [5, 5.41) is 10.9. The third kappa shape index (κ3) is 8.27. The van der Waals surface area contributed by atoms with Gasteiger partial charge in [0.05, 0.1) is 5.76 Å². The van der Waals surface area contributed by atoms with E-state index < -0.39 is 0 Å². The molecule has 4 nitrogen and oxygen atoms in total. The zero-order valence-electron chi connectivity index (χ0n) is 25.7. The van der Waals surface area contributed by atoms with Crippen LogP contribution in [0.1, 0.15) is 75.6 Å². The van der Waals surface area contributed by atoms with Crippen molar-refractivity contribution in [2.75, 3.05) is 0 Å². The van der Waals surface area contributed by atoms with Crippen LogP contribution in [0, 0.1) is 45.6 Å². The number of ketones is 1. The number of carbonyl (C=O) groups excluding carboxylic acids is 1. The van der Waals surface area contributed by atoms with Gasteiger partial charge in [0, 0.05) is 66.4 Å². The van der Waals surface area contributed by atoms with Gasteiger partial charge in [-0.2, -0.15) is 0 Å². The van der Waals surface area contributed by atoms with E-state index in [2.05, 4.69) is 63.0 Å². The number of furan rings is 1. The van der Waals surface area contributed by atoms with E-state index in [0.717, 1.165) is 70.4 Å². The number of aliphatic hydroxyl groups is 1. The average molecular weight is 731 g/mol. The van der Waals surface area contributed by atoms with Crippen molar-refractivity contribution in [2.24, 2.45) is 11.8 Å². The summed E-state index contributed by atoms with van der Waals surface area (Å²) in [6, 6.07) is 18.0. The molecule has 0 aliphatic carbocycles. The number of aliphatic hydroxyl groups excluding tert-OH is 1. The molecule has 2 aromatic carbocycles. The van der Waals surface area contributed by atoms with Crippen molar-refractivity contribution in [2.45, 2.75) is 81.1 Å². The van der Waals surface area contributed by atoms with E-state index in [4.69, 9.17) is 4.42 Å². The number of fused-ring (bicyclic) bond motifs is 1. The molecule has 5 heteroatoms. The molecule has 0 atom stereocenters. The van der Waals surface area contributed by atoms with E-state index in [0.29, 0.717) is 0 Å². The Morgan fingerprint density at radius 3 is 2.17 bits per heavy atom. The molecule has 0 spiro atoms. The van der Waals surface area contributed by atoms with Gasteiger partial charge in [-0.05, 0) is 51.2 Å². The first-order valence-electron chi connectivity index (χ1n) is 14.5. The monoisotopic (exact) mass is 731 g/mol. The Kier molecular flexibility index (Phi) is 13.2.